The third-order valence-electron chi connectivity index (χ3n) is 4.15. The van der Waals surface area contributed by atoms with Gasteiger partial charge in [0.1, 0.15) is 11.3 Å². The van der Waals surface area contributed by atoms with Crippen molar-refractivity contribution in [3.05, 3.63) is 23.2 Å². The summed E-state index contributed by atoms with van der Waals surface area (Å²) in [4.78, 5) is 25.1. The number of amides is 2. The number of hydrogen-bond donors (Lipinski definition) is 3. The van der Waals surface area contributed by atoms with Gasteiger partial charge in [0, 0.05) is 5.02 Å². The Balaban J connectivity index is 2.61. The Kier molecular flexibility index (Phi) is 7.87. The van der Waals surface area contributed by atoms with Gasteiger partial charge in [0.25, 0.3) is 11.8 Å². The van der Waals surface area contributed by atoms with E-state index in [1.807, 2.05) is 13.8 Å². The maximum atomic E-state index is 12.2. The van der Waals surface area contributed by atoms with Crippen molar-refractivity contribution >= 4 is 29.1 Å². The van der Waals surface area contributed by atoms with Crippen LogP contribution in [0.3, 0.4) is 0 Å². The molecule has 2 amide bonds. The minimum Gasteiger partial charge on any atom is -0.495 e. The minimum atomic E-state index is -0.937. The van der Waals surface area contributed by atoms with Crippen molar-refractivity contribution in [2.24, 2.45) is 5.92 Å². The van der Waals surface area contributed by atoms with Crippen molar-refractivity contribution in [1.29, 1.82) is 5.26 Å². The van der Waals surface area contributed by atoms with E-state index in [2.05, 4.69) is 16.7 Å². The van der Waals surface area contributed by atoms with Gasteiger partial charge in [0.15, 0.2) is 13.1 Å². The molecule has 0 saturated carbocycles. The molecule has 0 spiro atoms. The fourth-order valence-corrected chi connectivity index (χ4v) is 2.39. The molecule has 3 N–H and O–H groups in total. The lowest BCUT2D eigenvalue weighted by Crippen LogP contribution is -3.11. The van der Waals surface area contributed by atoms with E-state index in [1.54, 1.807) is 32.2 Å². The average Bonchev–Trinajstić information content (AvgIpc) is 2.54. The van der Waals surface area contributed by atoms with Crippen molar-refractivity contribution in [1.82, 2.24) is 5.32 Å². The molecule has 0 aliphatic rings. The standard InChI is InChI=1S/C18H25ClN4O3/c1-12(2)18(3,11-20)22-17(25)10-23(4)9-16(24)21-14-8-13(19)6-7-15(14)26-5/h6-8,12H,9-10H2,1-5H3,(H,21,24)(H,22,25)/p+1/t18-/m1/s1. The number of methoxy groups -OCH3 is 1. The number of likely N-dealkylation sites (N-methyl/N-ethyl adjacent to an activating group) is 1. The third-order valence-corrected chi connectivity index (χ3v) is 4.38. The molecule has 0 aliphatic heterocycles. The lowest BCUT2D eigenvalue weighted by Gasteiger charge is -2.27. The smallest absolute Gasteiger partial charge is 0.279 e. The van der Waals surface area contributed by atoms with Crippen molar-refractivity contribution in [3.8, 4) is 11.8 Å². The lowest BCUT2D eigenvalue weighted by molar-refractivity contribution is -0.862. The largest absolute Gasteiger partial charge is 0.495 e. The molecule has 1 rings (SSSR count). The number of rotatable bonds is 8. The summed E-state index contributed by atoms with van der Waals surface area (Å²) in [6, 6.07) is 7.05. The summed E-state index contributed by atoms with van der Waals surface area (Å²) in [5, 5.41) is 15.2. The molecule has 0 aromatic heterocycles. The van der Waals surface area contributed by atoms with E-state index in [-0.39, 0.29) is 30.8 Å². The molecule has 1 aromatic carbocycles. The van der Waals surface area contributed by atoms with Crippen LogP contribution in [0.1, 0.15) is 20.8 Å². The van der Waals surface area contributed by atoms with Crippen LogP contribution >= 0.6 is 11.6 Å². The molecule has 2 atom stereocenters. The van der Waals surface area contributed by atoms with Crippen LogP contribution in [-0.4, -0.2) is 44.6 Å². The van der Waals surface area contributed by atoms with E-state index in [0.29, 0.717) is 21.4 Å². The maximum Gasteiger partial charge on any atom is 0.279 e. The molecule has 142 valence electrons. The second kappa shape index (κ2) is 9.41. The van der Waals surface area contributed by atoms with Crippen molar-refractivity contribution < 1.29 is 19.2 Å². The summed E-state index contributed by atoms with van der Waals surface area (Å²) >= 11 is 5.94. The second-order valence-electron chi connectivity index (χ2n) is 6.72. The van der Waals surface area contributed by atoms with Crippen LogP contribution in [-0.2, 0) is 9.59 Å². The highest BCUT2D eigenvalue weighted by molar-refractivity contribution is 6.31. The summed E-state index contributed by atoms with van der Waals surface area (Å²) in [6.07, 6.45) is 0. The fraction of sp³-hybridized carbons (Fsp3) is 0.500. The molecule has 0 saturated heterocycles. The van der Waals surface area contributed by atoms with Crippen LogP contribution < -0.4 is 20.3 Å². The van der Waals surface area contributed by atoms with Crippen LogP contribution in [0.25, 0.3) is 0 Å². The number of hydrogen-bond acceptors (Lipinski definition) is 4. The number of quaternary nitrogens is 1. The molecular weight excluding hydrogens is 356 g/mol. The molecule has 1 aromatic rings. The predicted octanol–water partition coefficient (Wildman–Crippen LogP) is 0.856. The van der Waals surface area contributed by atoms with Crippen LogP contribution in [0.5, 0.6) is 5.75 Å². The Morgan fingerprint density at radius 1 is 1.35 bits per heavy atom. The van der Waals surface area contributed by atoms with E-state index in [1.165, 1.54) is 7.11 Å². The van der Waals surface area contributed by atoms with E-state index in [4.69, 9.17) is 16.3 Å². The minimum absolute atomic E-state index is 0.0321. The number of nitrogens with zero attached hydrogens (tertiary/aromatic N) is 1. The summed E-state index contributed by atoms with van der Waals surface area (Å²) in [7, 11) is 3.23. The maximum absolute atomic E-state index is 12.2. The zero-order chi connectivity index (χ0) is 19.9. The van der Waals surface area contributed by atoms with E-state index in [0.717, 1.165) is 0 Å². The van der Waals surface area contributed by atoms with Crippen LogP contribution in [0.15, 0.2) is 18.2 Å². The third kappa shape index (κ3) is 6.21. The number of halogens is 1. The molecule has 8 heteroatoms. The molecular formula is C18H26ClN4O3+. The topological polar surface area (TPSA) is 95.7 Å². The number of benzene rings is 1. The van der Waals surface area contributed by atoms with Gasteiger partial charge in [0.05, 0.1) is 25.9 Å². The predicted molar refractivity (Wildman–Crippen MR) is 100 cm³/mol. The number of carbonyl (C=O) groups is 2. The highest BCUT2D eigenvalue weighted by Crippen LogP contribution is 2.27. The number of ether oxygens (including phenoxy) is 1. The number of nitriles is 1. The molecule has 0 radical (unpaired) electrons. The van der Waals surface area contributed by atoms with Crippen molar-refractivity contribution in [3.63, 3.8) is 0 Å². The van der Waals surface area contributed by atoms with Gasteiger partial charge in [-0.2, -0.15) is 5.26 Å². The molecule has 0 aliphatic carbocycles. The Bertz CT molecular complexity index is 702. The first-order valence-electron chi connectivity index (χ1n) is 8.28. The molecule has 0 heterocycles. The number of carbonyl (C=O) groups excluding carboxylic acids is 2. The molecule has 1 unspecified atom stereocenters. The van der Waals surface area contributed by atoms with Gasteiger partial charge in [-0.15, -0.1) is 0 Å². The average molecular weight is 382 g/mol. The zero-order valence-corrected chi connectivity index (χ0v) is 16.5. The Morgan fingerprint density at radius 2 is 1.96 bits per heavy atom. The number of anilines is 1. The monoisotopic (exact) mass is 381 g/mol. The molecule has 0 fully saturated rings. The number of nitrogens with one attached hydrogen (secondary N) is 3. The van der Waals surface area contributed by atoms with Crippen LogP contribution in [0.2, 0.25) is 5.02 Å². The van der Waals surface area contributed by atoms with Gasteiger partial charge >= 0.3 is 0 Å². The van der Waals surface area contributed by atoms with Crippen LogP contribution in [0.4, 0.5) is 5.69 Å². The Hall–Kier alpha value is -2.30. The SMILES string of the molecule is COc1ccc(Cl)cc1NC(=O)C[NH+](C)CC(=O)N[C@](C)(C#N)C(C)C. The van der Waals surface area contributed by atoms with Gasteiger partial charge < -0.3 is 20.3 Å². The van der Waals surface area contributed by atoms with Gasteiger partial charge in [-0.25, -0.2) is 0 Å². The first-order chi connectivity index (χ1) is 12.1. The zero-order valence-electron chi connectivity index (χ0n) is 15.8. The second-order valence-corrected chi connectivity index (χ2v) is 7.16. The van der Waals surface area contributed by atoms with Gasteiger partial charge in [-0.3, -0.25) is 9.59 Å². The molecule has 7 nitrogen and oxygen atoms in total. The molecule has 0 bridgehead atoms. The highest BCUT2D eigenvalue weighted by atomic mass is 35.5. The summed E-state index contributed by atoms with van der Waals surface area (Å²) in [5.74, 6) is -0.0913. The van der Waals surface area contributed by atoms with Crippen LogP contribution in [0, 0.1) is 17.2 Å². The lowest BCUT2D eigenvalue weighted by atomic mass is 9.90. The first kappa shape index (κ1) is 21.7. The normalized spacial score (nSPS) is 14.1. The highest BCUT2D eigenvalue weighted by Gasteiger charge is 2.31. The first-order valence-corrected chi connectivity index (χ1v) is 8.66. The van der Waals surface area contributed by atoms with Gasteiger partial charge in [-0.1, -0.05) is 25.4 Å². The Labute approximate surface area is 159 Å². The Morgan fingerprint density at radius 3 is 2.50 bits per heavy atom. The summed E-state index contributed by atoms with van der Waals surface area (Å²) in [5.41, 5.74) is -0.465. The van der Waals surface area contributed by atoms with E-state index < -0.39 is 5.54 Å². The molecule has 26 heavy (non-hydrogen) atoms. The quantitative estimate of drug-likeness (QED) is 0.622. The summed E-state index contributed by atoms with van der Waals surface area (Å²) < 4.78 is 5.19. The van der Waals surface area contributed by atoms with E-state index in [9.17, 15) is 14.9 Å². The van der Waals surface area contributed by atoms with Gasteiger partial charge in [0.2, 0.25) is 0 Å². The van der Waals surface area contributed by atoms with Gasteiger partial charge in [-0.05, 0) is 31.0 Å². The van der Waals surface area contributed by atoms with E-state index >= 15 is 0 Å². The summed E-state index contributed by atoms with van der Waals surface area (Å²) in [6.45, 7) is 5.57. The fourth-order valence-electron chi connectivity index (χ4n) is 2.22. The van der Waals surface area contributed by atoms with Crippen molar-refractivity contribution in [2.45, 2.75) is 26.3 Å². The van der Waals surface area contributed by atoms with Crippen molar-refractivity contribution in [2.75, 3.05) is 32.6 Å².